The Morgan fingerprint density at radius 1 is 1.00 bits per heavy atom. The van der Waals surface area contributed by atoms with E-state index in [0.29, 0.717) is 17.9 Å². The van der Waals surface area contributed by atoms with Crippen molar-refractivity contribution >= 4 is 18.3 Å². The third-order valence-corrected chi connectivity index (χ3v) is 4.50. The standard InChI is InChI=1S/C14H26N2O.ClH/c15-10-11-6-8-12(9-7-11)14(17)16-13-4-2-1-3-5-13;/h11-13H,1-10,15H2,(H,16,17);1H. The number of amides is 1. The molecule has 0 aliphatic heterocycles. The van der Waals surface area contributed by atoms with E-state index in [0.717, 1.165) is 32.2 Å². The van der Waals surface area contributed by atoms with Crippen LogP contribution in [0.2, 0.25) is 0 Å². The van der Waals surface area contributed by atoms with E-state index in [9.17, 15) is 4.79 Å². The summed E-state index contributed by atoms with van der Waals surface area (Å²) in [5.41, 5.74) is 5.67. The van der Waals surface area contributed by atoms with Crippen molar-refractivity contribution < 1.29 is 4.79 Å². The first kappa shape index (κ1) is 15.8. The number of carbonyl (C=O) groups is 1. The van der Waals surface area contributed by atoms with Crippen LogP contribution in [0.3, 0.4) is 0 Å². The van der Waals surface area contributed by atoms with Gasteiger partial charge in [-0.25, -0.2) is 0 Å². The molecule has 0 unspecified atom stereocenters. The van der Waals surface area contributed by atoms with Crippen LogP contribution in [0.25, 0.3) is 0 Å². The zero-order valence-electron chi connectivity index (χ0n) is 11.2. The van der Waals surface area contributed by atoms with Crippen LogP contribution in [-0.4, -0.2) is 18.5 Å². The van der Waals surface area contributed by atoms with Gasteiger partial charge in [0.25, 0.3) is 0 Å². The number of hydrogen-bond donors (Lipinski definition) is 2. The van der Waals surface area contributed by atoms with Crippen molar-refractivity contribution in [3.05, 3.63) is 0 Å². The van der Waals surface area contributed by atoms with Gasteiger partial charge in [-0.2, -0.15) is 0 Å². The Labute approximate surface area is 117 Å². The molecule has 1 amide bonds. The lowest BCUT2D eigenvalue weighted by Crippen LogP contribution is -2.41. The molecule has 4 heteroatoms. The van der Waals surface area contributed by atoms with Crippen LogP contribution in [0.15, 0.2) is 0 Å². The molecule has 0 aromatic heterocycles. The summed E-state index contributed by atoms with van der Waals surface area (Å²) in [7, 11) is 0. The number of carbonyl (C=O) groups excluding carboxylic acids is 1. The highest BCUT2D eigenvalue weighted by Crippen LogP contribution is 2.28. The molecule has 3 nitrogen and oxygen atoms in total. The van der Waals surface area contributed by atoms with Crippen molar-refractivity contribution in [3.8, 4) is 0 Å². The fraction of sp³-hybridized carbons (Fsp3) is 0.929. The van der Waals surface area contributed by atoms with Crippen LogP contribution in [0.4, 0.5) is 0 Å². The molecule has 2 saturated carbocycles. The highest BCUT2D eigenvalue weighted by Gasteiger charge is 2.27. The summed E-state index contributed by atoms with van der Waals surface area (Å²) in [6.45, 7) is 0.789. The molecule has 18 heavy (non-hydrogen) atoms. The topological polar surface area (TPSA) is 55.1 Å². The molecule has 0 atom stereocenters. The second-order valence-electron chi connectivity index (χ2n) is 5.80. The molecule has 2 aliphatic carbocycles. The molecule has 106 valence electrons. The molecule has 0 saturated heterocycles. The molecular formula is C14H27ClN2O. The smallest absolute Gasteiger partial charge is 0.223 e. The van der Waals surface area contributed by atoms with Gasteiger partial charge < -0.3 is 11.1 Å². The Kier molecular flexibility index (Phi) is 7.02. The quantitative estimate of drug-likeness (QED) is 0.831. The third-order valence-electron chi connectivity index (χ3n) is 4.50. The van der Waals surface area contributed by atoms with Crippen LogP contribution in [-0.2, 0) is 4.79 Å². The molecule has 0 spiro atoms. The van der Waals surface area contributed by atoms with Gasteiger partial charge in [-0.3, -0.25) is 4.79 Å². The molecule has 3 N–H and O–H groups in total. The second kappa shape index (κ2) is 8.00. The highest BCUT2D eigenvalue weighted by atomic mass is 35.5. The van der Waals surface area contributed by atoms with E-state index >= 15 is 0 Å². The predicted molar refractivity (Wildman–Crippen MR) is 76.8 cm³/mol. The summed E-state index contributed by atoms with van der Waals surface area (Å²) in [6, 6.07) is 0.462. The summed E-state index contributed by atoms with van der Waals surface area (Å²) in [4.78, 5) is 12.1. The summed E-state index contributed by atoms with van der Waals surface area (Å²) >= 11 is 0. The van der Waals surface area contributed by atoms with Crippen LogP contribution < -0.4 is 11.1 Å². The van der Waals surface area contributed by atoms with Crippen LogP contribution in [0.1, 0.15) is 57.8 Å². The molecule has 0 aromatic rings. The first-order valence-electron chi connectivity index (χ1n) is 7.30. The maximum atomic E-state index is 12.1. The average molecular weight is 275 g/mol. The molecule has 0 radical (unpaired) electrons. The van der Waals surface area contributed by atoms with Crippen molar-refractivity contribution in [1.29, 1.82) is 0 Å². The predicted octanol–water partition coefficient (Wildman–Crippen LogP) is 2.62. The Balaban J connectivity index is 0.00000162. The lowest BCUT2D eigenvalue weighted by Gasteiger charge is -2.29. The van der Waals surface area contributed by atoms with Gasteiger partial charge in [0.1, 0.15) is 0 Å². The lowest BCUT2D eigenvalue weighted by atomic mass is 9.81. The maximum absolute atomic E-state index is 12.1. The number of rotatable bonds is 3. The molecule has 2 rings (SSSR count). The van der Waals surface area contributed by atoms with E-state index in [1.807, 2.05) is 0 Å². The van der Waals surface area contributed by atoms with Crippen molar-refractivity contribution in [2.45, 2.75) is 63.8 Å². The number of halogens is 1. The van der Waals surface area contributed by atoms with Crippen molar-refractivity contribution in [2.75, 3.05) is 6.54 Å². The summed E-state index contributed by atoms with van der Waals surface area (Å²) in [5, 5.41) is 3.25. The van der Waals surface area contributed by atoms with E-state index in [1.165, 1.54) is 32.1 Å². The zero-order chi connectivity index (χ0) is 12.1. The minimum Gasteiger partial charge on any atom is -0.353 e. The third kappa shape index (κ3) is 4.43. The largest absolute Gasteiger partial charge is 0.353 e. The van der Waals surface area contributed by atoms with Crippen molar-refractivity contribution in [2.24, 2.45) is 17.6 Å². The fourth-order valence-electron chi connectivity index (χ4n) is 3.23. The van der Waals surface area contributed by atoms with E-state index in [1.54, 1.807) is 0 Å². The summed E-state index contributed by atoms with van der Waals surface area (Å²) in [6.07, 6.45) is 10.6. The SMILES string of the molecule is Cl.NCC1CCC(C(=O)NC2CCCCC2)CC1. The fourth-order valence-corrected chi connectivity index (χ4v) is 3.23. The van der Waals surface area contributed by atoms with Gasteiger partial charge in [0.2, 0.25) is 5.91 Å². The van der Waals surface area contributed by atoms with Gasteiger partial charge in [0, 0.05) is 12.0 Å². The minimum absolute atomic E-state index is 0. The van der Waals surface area contributed by atoms with Crippen LogP contribution in [0, 0.1) is 11.8 Å². The van der Waals surface area contributed by atoms with E-state index in [-0.39, 0.29) is 18.3 Å². The molecule has 0 bridgehead atoms. The summed E-state index contributed by atoms with van der Waals surface area (Å²) in [5.74, 6) is 1.24. The van der Waals surface area contributed by atoms with Gasteiger partial charge in [-0.1, -0.05) is 19.3 Å². The van der Waals surface area contributed by atoms with Crippen LogP contribution in [0.5, 0.6) is 0 Å². The lowest BCUT2D eigenvalue weighted by molar-refractivity contribution is -0.127. The summed E-state index contributed by atoms with van der Waals surface area (Å²) < 4.78 is 0. The maximum Gasteiger partial charge on any atom is 0.223 e. The second-order valence-corrected chi connectivity index (χ2v) is 5.80. The molecule has 2 aliphatic rings. The van der Waals surface area contributed by atoms with Gasteiger partial charge in [0.05, 0.1) is 0 Å². The first-order chi connectivity index (χ1) is 8.29. The van der Waals surface area contributed by atoms with Gasteiger partial charge in [-0.15, -0.1) is 12.4 Å². The Morgan fingerprint density at radius 3 is 2.17 bits per heavy atom. The van der Waals surface area contributed by atoms with Gasteiger partial charge in [0.15, 0.2) is 0 Å². The molecule has 0 aromatic carbocycles. The van der Waals surface area contributed by atoms with Crippen LogP contribution >= 0.6 is 12.4 Å². The van der Waals surface area contributed by atoms with Gasteiger partial charge >= 0.3 is 0 Å². The Bertz CT molecular complexity index is 246. The first-order valence-corrected chi connectivity index (χ1v) is 7.30. The van der Waals surface area contributed by atoms with E-state index in [4.69, 9.17) is 5.73 Å². The zero-order valence-corrected chi connectivity index (χ0v) is 12.0. The molecule has 2 fully saturated rings. The van der Waals surface area contributed by atoms with E-state index < -0.39 is 0 Å². The average Bonchev–Trinajstić information content (AvgIpc) is 2.40. The molecular weight excluding hydrogens is 248 g/mol. The highest BCUT2D eigenvalue weighted by molar-refractivity contribution is 5.85. The Morgan fingerprint density at radius 2 is 1.61 bits per heavy atom. The van der Waals surface area contributed by atoms with Crippen molar-refractivity contribution in [1.82, 2.24) is 5.32 Å². The van der Waals surface area contributed by atoms with Crippen molar-refractivity contribution in [3.63, 3.8) is 0 Å². The monoisotopic (exact) mass is 274 g/mol. The minimum atomic E-state index is 0. The molecule has 0 heterocycles. The number of nitrogens with one attached hydrogen (secondary N) is 1. The van der Waals surface area contributed by atoms with E-state index in [2.05, 4.69) is 5.32 Å². The van der Waals surface area contributed by atoms with Gasteiger partial charge in [-0.05, 0) is 51.0 Å². The number of nitrogens with two attached hydrogens (primary N) is 1. The number of hydrogen-bond acceptors (Lipinski definition) is 2. The normalized spacial score (nSPS) is 29.4. The Hall–Kier alpha value is -0.280.